The van der Waals surface area contributed by atoms with Gasteiger partial charge in [-0.3, -0.25) is 0 Å². The number of nitriles is 1. The molecule has 16 heavy (non-hydrogen) atoms. The van der Waals surface area contributed by atoms with Gasteiger partial charge in [-0.25, -0.2) is 9.97 Å². The third-order valence-corrected chi connectivity index (χ3v) is 2.35. The Morgan fingerprint density at radius 3 is 2.88 bits per heavy atom. The maximum absolute atomic E-state index is 8.52. The van der Waals surface area contributed by atoms with E-state index in [1.165, 1.54) is 0 Å². The molecule has 0 amide bonds. The van der Waals surface area contributed by atoms with Crippen LogP contribution in [0.1, 0.15) is 25.6 Å². The molecule has 1 rings (SSSR count). The predicted octanol–water partition coefficient (Wildman–Crippen LogP) is 2.43. The van der Waals surface area contributed by atoms with Crippen molar-refractivity contribution in [3.63, 3.8) is 0 Å². The minimum absolute atomic E-state index is 0.456. The first-order valence-corrected chi connectivity index (χ1v) is 5.66. The van der Waals surface area contributed by atoms with Crippen LogP contribution in [0.5, 0.6) is 0 Å². The zero-order valence-electron chi connectivity index (χ0n) is 9.57. The highest BCUT2D eigenvalue weighted by molar-refractivity contribution is 6.29. The van der Waals surface area contributed by atoms with Gasteiger partial charge < -0.3 is 4.90 Å². The molecule has 0 saturated carbocycles. The second-order valence-corrected chi connectivity index (χ2v) is 3.93. The Balaban J connectivity index is 2.82. The van der Waals surface area contributed by atoms with Crippen LogP contribution in [-0.4, -0.2) is 23.6 Å². The van der Waals surface area contributed by atoms with E-state index in [1.54, 1.807) is 6.07 Å². The van der Waals surface area contributed by atoms with Crippen molar-refractivity contribution in [3.8, 4) is 6.07 Å². The molecular formula is C11H15ClN4. The summed E-state index contributed by atoms with van der Waals surface area (Å²) in [6.45, 7) is 2.72. The van der Waals surface area contributed by atoms with Gasteiger partial charge in [0.05, 0.1) is 12.5 Å². The van der Waals surface area contributed by atoms with Crippen molar-refractivity contribution in [2.75, 3.05) is 18.5 Å². The SMILES string of the molecule is CCCc1nc(Cl)cc(N(C)CCC#N)n1. The number of halogens is 1. The minimum atomic E-state index is 0.456. The molecule has 0 aliphatic heterocycles. The smallest absolute Gasteiger partial charge is 0.134 e. The van der Waals surface area contributed by atoms with Crippen molar-refractivity contribution in [2.45, 2.75) is 26.2 Å². The van der Waals surface area contributed by atoms with Crippen molar-refractivity contribution in [2.24, 2.45) is 0 Å². The number of hydrogen-bond donors (Lipinski definition) is 0. The van der Waals surface area contributed by atoms with E-state index in [9.17, 15) is 0 Å². The van der Waals surface area contributed by atoms with E-state index in [0.717, 1.165) is 24.5 Å². The second-order valence-electron chi connectivity index (χ2n) is 3.54. The summed E-state index contributed by atoms with van der Waals surface area (Å²) in [4.78, 5) is 10.5. The summed E-state index contributed by atoms with van der Waals surface area (Å²) in [6.07, 6.45) is 2.28. The van der Waals surface area contributed by atoms with Gasteiger partial charge in [-0.05, 0) is 6.42 Å². The first kappa shape index (κ1) is 12.7. The van der Waals surface area contributed by atoms with Crippen molar-refractivity contribution in [3.05, 3.63) is 17.0 Å². The number of aryl methyl sites for hydroxylation is 1. The molecule has 86 valence electrons. The molecule has 0 fully saturated rings. The zero-order chi connectivity index (χ0) is 12.0. The van der Waals surface area contributed by atoms with Gasteiger partial charge in [0.2, 0.25) is 0 Å². The maximum Gasteiger partial charge on any atom is 0.134 e. The fraction of sp³-hybridized carbons (Fsp3) is 0.545. The second kappa shape index (κ2) is 6.29. The molecule has 1 heterocycles. The van der Waals surface area contributed by atoms with Crippen LogP contribution < -0.4 is 4.90 Å². The van der Waals surface area contributed by atoms with Gasteiger partial charge in [-0.2, -0.15) is 5.26 Å². The number of rotatable bonds is 5. The summed E-state index contributed by atoms with van der Waals surface area (Å²) in [7, 11) is 1.89. The highest BCUT2D eigenvalue weighted by Gasteiger charge is 2.06. The highest BCUT2D eigenvalue weighted by Crippen LogP contribution is 2.15. The Morgan fingerprint density at radius 1 is 1.50 bits per heavy atom. The Labute approximate surface area is 101 Å². The number of hydrogen-bond acceptors (Lipinski definition) is 4. The number of nitrogens with zero attached hydrogens (tertiary/aromatic N) is 4. The van der Waals surface area contributed by atoms with Crippen LogP contribution in [0.2, 0.25) is 5.15 Å². The van der Waals surface area contributed by atoms with Crippen LogP contribution in [0.25, 0.3) is 0 Å². The van der Waals surface area contributed by atoms with Gasteiger partial charge in [0.1, 0.15) is 16.8 Å². The predicted molar refractivity (Wildman–Crippen MR) is 64.5 cm³/mol. The normalized spacial score (nSPS) is 9.88. The van der Waals surface area contributed by atoms with Gasteiger partial charge in [0, 0.05) is 26.1 Å². The van der Waals surface area contributed by atoms with Gasteiger partial charge in [-0.1, -0.05) is 18.5 Å². The molecule has 0 unspecified atom stereocenters. The van der Waals surface area contributed by atoms with Gasteiger partial charge in [-0.15, -0.1) is 0 Å². The molecule has 0 atom stereocenters. The Kier molecular flexibility index (Phi) is 5.00. The van der Waals surface area contributed by atoms with E-state index in [2.05, 4.69) is 23.0 Å². The maximum atomic E-state index is 8.52. The van der Waals surface area contributed by atoms with Crippen LogP contribution in [0.4, 0.5) is 5.82 Å². The fourth-order valence-corrected chi connectivity index (χ4v) is 1.51. The van der Waals surface area contributed by atoms with Crippen LogP contribution in [-0.2, 0) is 6.42 Å². The van der Waals surface area contributed by atoms with Crippen molar-refractivity contribution >= 4 is 17.4 Å². The first-order valence-electron chi connectivity index (χ1n) is 5.29. The van der Waals surface area contributed by atoms with Crippen LogP contribution in [0.3, 0.4) is 0 Å². The van der Waals surface area contributed by atoms with E-state index < -0.39 is 0 Å². The molecule has 0 aromatic carbocycles. The zero-order valence-corrected chi connectivity index (χ0v) is 10.3. The third kappa shape index (κ3) is 3.67. The lowest BCUT2D eigenvalue weighted by Gasteiger charge is -2.17. The number of anilines is 1. The molecule has 0 aliphatic rings. The monoisotopic (exact) mass is 238 g/mol. The molecule has 0 bridgehead atoms. The summed E-state index contributed by atoms with van der Waals surface area (Å²) in [5.74, 6) is 1.53. The van der Waals surface area contributed by atoms with E-state index in [4.69, 9.17) is 16.9 Å². The Morgan fingerprint density at radius 2 is 2.25 bits per heavy atom. The van der Waals surface area contributed by atoms with Crippen LogP contribution in [0.15, 0.2) is 6.07 Å². The molecular weight excluding hydrogens is 224 g/mol. The quantitative estimate of drug-likeness (QED) is 0.740. The topological polar surface area (TPSA) is 52.8 Å². The molecule has 1 aromatic rings. The van der Waals surface area contributed by atoms with Crippen molar-refractivity contribution < 1.29 is 0 Å². The lowest BCUT2D eigenvalue weighted by molar-refractivity contribution is 0.811. The number of aromatic nitrogens is 2. The molecule has 0 radical (unpaired) electrons. The highest BCUT2D eigenvalue weighted by atomic mass is 35.5. The van der Waals surface area contributed by atoms with Gasteiger partial charge in [0.25, 0.3) is 0 Å². The van der Waals surface area contributed by atoms with E-state index in [-0.39, 0.29) is 0 Å². The van der Waals surface area contributed by atoms with Crippen LogP contribution in [0, 0.1) is 11.3 Å². The molecule has 5 heteroatoms. The summed E-state index contributed by atoms with van der Waals surface area (Å²) in [5.41, 5.74) is 0. The lowest BCUT2D eigenvalue weighted by atomic mass is 10.3. The first-order chi connectivity index (χ1) is 7.67. The third-order valence-electron chi connectivity index (χ3n) is 2.15. The molecule has 0 aliphatic carbocycles. The van der Waals surface area contributed by atoms with Crippen LogP contribution >= 0.6 is 11.6 Å². The van der Waals surface area contributed by atoms with E-state index >= 15 is 0 Å². The van der Waals surface area contributed by atoms with E-state index in [1.807, 2.05) is 11.9 Å². The standard InChI is InChI=1S/C11H15ClN4/c1-3-5-10-14-9(12)8-11(15-10)16(2)7-4-6-13/h8H,3-5,7H2,1-2H3. The van der Waals surface area contributed by atoms with Gasteiger partial charge >= 0.3 is 0 Å². The summed E-state index contributed by atoms with van der Waals surface area (Å²) in [5, 5.41) is 8.98. The van der Waals surface area contributed by atoms with Crippen molar-refractivity contribution in [1.82, 2.24) is 9.97 Å². The summed E-state index contributed by atoms with van der Waals surface area (Å²) < 4.78 is 0. The minimum Gasteiger partial charge on any atom is -0.358 e. The molecule has 1 aromatic heterocycles. The average Bonchev–Trinajstić information content (AvgIpc) is 2.25. The molecule has 0 saturated heterocycles. The summed E-state index contributed by atoms with van der Waals surface area (Å²) >= 11 is 5.92. The Bertz CT molecular complexity index is 386. The summed E-state index contributed by atoms with van der Waals surface area (Å²) in [6, 6.07) is 3.83. The average molecular weight is 239 g/mol. The van der Waals surface area contributed by atoms with Crippen molar-refractivity contribution in [1.29, 1.82) is 5.26 Å². The molecule has 0 N–H and O–H groups in total. The molecule has 4 nitrogen and oxygen atoms in total. The van der Waals surface area contributed by atoms with E-state index in [0.29, 0.717) is 18.1 Å². The van der Waals surface area contributed by atoms with Gasteiger partial charge in [0.15, 0.2) is 0 Å². The molecule has 0 spiro atoms. The lowest BCUT2D eigenvalue weighted by Crippen LogP contribution is -2.20. The largest absolute Gasteiger partial charge is 0.358 e. The fourth-order valence-electron chi connectivity index (χ4n) is 1.31. The Hall–Kier alpha value is -1.34.